The van der Waals surface area contributed by atoms with Crippen LogP contribution < -0.4 is 10.2 Å². The second-order valence-electron chi connectivity index (χ2n) is 8.00. The SMILES string of the molecule is Cc1cc(C)cc(Cc2ccc(/C=C3\C(=O)NC(=O)N(c4ccc(O)cc4)C3=O)cc2Cl)c1. The van der Waals surface area contributed by atoms with Gasteiger partial charge in [-0.25, -0.2) is 9.69 Å². The second kappa shape index (κ2) is 8.92. The van der Waals surface area contributed by atoms with Gasteiger partial charge in [0.15, 0.2) is 0 Å². The lowest BCUT2D eigenvalue weighted by atomic mass is 9.99. The number of urea groups is 1. The van der Waals surface area contributed by atoms with Gasteiger partial charge in [-0.3, -0.25) is 14.9 Å². The van der Waals surface area contributed by atoms with Crippen molar-refractivity contribution in [3.8, 4) is 5.75 Å². The molecule has 6 nitrogen and oxygen atoms in total. The van der Waals surface area contributed by atoms with Crippen molar-refractivity contribution >= 4 is 41.2 Å². The summed E-state index contributed by atoms with van der Waals surface area (Å²) in [5, 5.41) is 12.2. The topological polar surface area (TPSA) is 86.7 Å². The molecule has 0 saturated carbocycles. The van der Waals surface area contributed by atoms with E-state index in [-0.39, 0.29) is 17.0 Å². The van der Waals surface area contributed by atoms with E-state index in [0.29, 0.717) is 17.0 Å². The number of imide groups is 2. The van der Waals surface area contributed by atoms with Crippen LogP contribution in [0, 0.1) is 13.8 Å². The van der Waals surface area contributed by atoms with Crippen LogP contribution in [0.2, 0.25) is 5.02 Å². The van der Waals surface area contributed by atoms with E-state index in [1.165, 1.54) is 41.5 Å². The third-order valence-corrected chi connectivity index (χ3v) is 5.63. The molecule has 1 aliphatic heterocycles. The van der Waals surface area contributed by atoms with E-state index in [4.69, 9.17) is 11.6 Å². The lowest BCUT2D eigenvalue weighted by molar-refractivity contribution is -0.122. The molecule has 33 heavy (non-hydrogen) atoms. The summed E-state index contributed by atoms with van der Waals surface area (Å²) < 4.78 is 0. The van der Waals surface area contributed by atoms with Gasteiger partial charge >= 0.3 is 6.03 Å². The Labute approximate surface area is 196 Å². The first-order valence-corrected chi connectivity index (χ1v) is 10.6. The van der Waals surface area contributed by atoms with Crippen LogP contribution in [0.25, 0.3) is 6.08 Å². The molecule has 0 atom stereocenters. The Kier molecular flexibility index (Phi) is 6.03. The van der Waals surface area contributed by atoms with Gasteiger partial charge in [-0.05, 0) is 73.4 Å². The summed E-state index contributed by atoms with van der Waals surface area (Å²) in [6, 6.07) is 16.3. The summed E-state index contributed by atoms with van der Waals surface area (Å²) >= 11 is 6.51. The Morgan fingerprint density at radius 2 is 1.61 bits per heavy atom. The van der Waals surface area contributed by atoms with E-state index in [1.54, 1.807) is 12.1 Å². The van der Waals surface area contributed by atoms with Gasteiger partial charge in [0, 0.05) is 5.02 Å². The van der Waals surface area contributed by atoms with Crippen LogP contribution in [0.15, 0.2) is 66.2 Å². The summed E-state index contributed by atoms with van der Waals surface area (Å²) in [6.07, 6.45) is 2.06. The zero-order chi connectivity index (χ0) is 23.7. The highest BCUT2D eigenvalue weighted by molar-refractivity contribution is 6.39. The number of nitrogens with zero attached hydrogens (tertiary/aromatic N) is 1. The molecule has 1 aliphatic rings. The molecular formula is C26H21ClN2O4. The van der Waals surface area contributed by atoms with Gasteiger partial charge in [0.25, 0.3) is 11.8 Å². The number of nitrogens with one attached hydrogen (secondary N) is 1. The summed E-state index contributed by atoms with van der Waals surface area (Å²) in [5.41, 5.74) is 5.02. The Balaban J connectivity index is 1.62. The van der Waals surface area contributed by atoms with E-state index in [1.807, 2.05) is 19.9 Å². The van der Waals surface area contributed by atoms with Crippen LogP contribution >= 0.6 is 11.6 Å². The number of aryl methyl sites for hydroxylation is 2. The molecule has 0 aromatic heterocycles. The number of aromatic hydroxyl groups is 1. The predicted octanol–water partition coefficient (Wildman–Crippen LogP) is 4.92. The van der Waals surface area contributed by atoms with Gasteiger partial charge in [-0.1, -0.05) is 53.1 Å². The zero-order valence-corrected chi connectivity index (χ0v) is 18.8. The van der Waals surface area contributed by atoms with Crippen LogP contribution in [0.5, 0.6) is 5.75 Å². The van der Waals surface area contributed by atoms with Crippen molar-refractivity contribution in [2.24, 2.45) is 0 Å². The van der Waals surface area contributed by atoms with Crippen LogP contribution in [0.3, 0.4) is 0 Å². The number of phenolic OH excluding ortho intramolecular Hbond substituents is 1. The van der Waals surface area contributed by atoms with Gasteiger partial charge in [0.2, 0.25) is 0 Å². The smallest absolute Gasteiger partial charge is 0.335 e. The van der Waals surface area contributed by atoms with Crippen molar-refractivity contribution in [1.82, 2.24) is 5.32 Å². The highest BCUT2D eigenvalue weighted by Gasteiger charge is 2.36. The number of phenols is 1. The minimum absolute atomic E-state index is 0.00832. The molecule has 0 radical (unpaired) electrons. The molecule has 7 heteroatoms. The normalized spacial score (nSPS) is 15.2. The Morgan fingerprint density at radius 3 is 2.24 bits per heavy atom. The first kappa shape index (κ1) is 22.3. The van der Waals surface area contributed by atoms with E-state index in [0.717, 1.165) is 16.0 Å². The quantitative estimate of drug-likeness (QED) is 0.427. The highest BCUT2D eigenvalue weighted by Crippen LogP contribution is 2.26. The molecule has 3 aromatic rings. The van der Waals surface area contributed by atoms with Gasteiger partial charge in [0.05, 0.1) is 5.69 Å². The molecule has 4 amide bonds. The fraction of sp³-hybridized carbons (Fsp3) is 0.115. The molecule has 0 bridgehead atoms. The Hall–Kier alpha value is -3.90. The average molecular weight is 461 g/mol. The Bertz CT molecular complexity index is 1290. The van der Waals surface area contributed by atoms with Crippen LogP contribution in [-0.4, -0.2) is 23.0 Å². The molecule has 0 aliphatic carbocycles. The average Bonchev–Trinajstić information content (AvgIpc) is 2.73. The van der Waals surface area contributed by atoms with E-state index in [2.05, 4.69) is 23.5 Å². The van der Waals surface area contributed by atoms with Crippen molar-refractivity contribution in [3.63, 3.8) is 0 Å². The lowest BCUT2D eigenvalue weighted by Crippen LogP contribution is -2.54. The van der Waals surface area contributed by atoms with Gasteiger partial charge in [-0.2, -0.15) is 0 Å². The molecule has 1 saturated heterocycles. The summed E-state index contributed by atoms with van der Waals surface area (Å²) in [6.45, 7) is 4.09. The standard InChI is InChI=1S/C26H21ClN2O4/c1-15-9-16(2)11-18(10-15)12-19-4-3-17(14-23(19)27)13-22-24(31)28-26(33)29(25(22)32)20-5-7-21(30)8-6-20/h3-11,13-14,30H,12H2,1-2H3,(H,28,31,33)/b22-13+. The van der Waals surface area contributed by atoms with Crippen LogP contribution in [0.1, 0.15) is 27.8 Å². The predicted molar refractivity (Wildman–Crippen MR) is 127 cm³/mol. The molecule has 3 aromatic carbocycles. The molecule has 1 heterocycles. The lowest BCUT2D eigenvalue weighted by Gasteiger charge is -2.26. The third kappa shape index (κ3) is 4.81. The molecule has 166 valence electrons. The minimum Gasteiger partial charge on any atom is -0.508 e. The third-order valence-electron chi connectivity index (χ3n) is 5.27. The van der Waals surface area contributed by atoms with Crippen molar-refractivity contribution in [2.75, 3.05) is 4.90 Å². The number of barbiturate groups is 1. The summed E-state index contributed by atoms with van der Waals surface area (Å²) in [7, 11) is 0. The molecular weight excluding hydrogens is 440 g/mol. The number of halogens is 1. The maximum absolute atomic E-state index is 13.0. The van der Waals surface area contributed by atoms with Crippen molar-refractivity contribution in [1.29, 1.82) is 0 Å². The number of hydrogen-bond donors (Lipinski definition) is 2. The number of carbonyl (C=O) groups is 3. The number of rotatable bonds is 4. The van der Waals surface area contributed by atoms with Crippen LogP contribution in [0.4, 0.5) is 10.5 Å². The fourth-order valence-corrected chi connectivity index (χ4v) is 4.10. The molecule has 0 unspecified atom stereocenters. The minimum atomic E-state index is -0.852. The van der Waals surface area contributed by atoms with Crippen molar-refractivity contribution in [2.45, 2.75) is 20.3 Å². The van der Waals surface area contributed by atoms with Crippen molar-refractivity contribution in [3.05, 3.63) is 99.1 Å². The number of amides is 4. The monoisotopic (exact) mass is 460 g/mol. The number of hydrogen-bond acceptors (Lipinski definition) is 4. The number of benzene rings is 3. The largest absolute Gasteiger partial charge is 0.508 e. The molecule has 4 rings (SSSR count). The molecule has 2 N–H and O–H groups in total. The molecule has 0 spiro atoms. The first-order valence-electron chi connectivity index (χ1n) is 10.3. The van der Waals surface area contributed by atoms with Gasteiger partial charge < -0.3 is 5.11 Å². The number of anilines is 1. The maximum atomic E-state index is 13.0. The number of carbonyl (C=O) groups excluding carboxylic acids is 3. The van der Waals surface area contributed by atoms with E-state index in [9.17, 15) is 19.5 Å². The molecule has 1 fully saturated rings. The fourth-order valence-electron chi connectivity index (χ4n) is 3.85. The van der Waals surface area contributed by atoms with Crippen molar-refractivity contribution < 1.29 is 19.5 Å². The van der Waals surface area contributed by atoms with E-state index >= 15 is 0 Å². The zero-order valence-electron chi connectivity index (χ0n) is 18.1. The highest BCUT2D eigenvalue weighted by atomic mass is 35.5. The maximum Gasteiger partial charge on any atom is 0.335 e. The first-order chi connectivity index (χ1) is 15.7. The second-order valence-corrected chi connectivity index (χ2v) is 8.41. The van der Waals surface area contributed by atoms with E-state index < -0.39 is 17.8 Å². The van der Waals surface area contributed by atoms with Crippen LogP contribution in [-0.2, 0) is 16.0 Å². The Morgan fingerprint density at radius 1 is 0.939 bits per heavy atom. The van der Waals surface area contributed by atoms with Gasteiger partial charge in [-0.15, -0.1) is 0 Å². The summed E-state index contributed by atoms with van der Waals surface area (Å²) in [5.74, 6) is -1.55. The van der Waals surface area contributed by atoms with Gasteiger partial charge in [0.1, 0.15) is 11.3 Å². The summed E-state index contributed by atoms with van der Waals surface area (Å²) in [4.78, 5) is 38.5.